The van der Waals surface area contributed by atoms with Crippen molar-refractivity contribution < 1.29 is 13.2 Å². The van der Waals surface area contributed by atoms with Gasteiger partial charge in [0, 0.05) is 19.0 Å². The van der Waals surface area contributed by atoms with Gasteiger partial charge in [0.15, 0.2) is 9.84 Å². The maximum absolute atomic E-state index is 11.4. The van der Waals surface area contributed by atoms with Crippen molar-refractivity contribution in [3.05, 3.63) is 0 Å². The number of nitrogens with one attached hydrogen (secondary N) is 1. The van der Waals surface area contributed by atoms with Crippen molar-refractivity contribution >= 4 is 15.7 Å². The van der Waals surface area contributed by atoms with Crippen LogP contribution in [0, 0.1) is 5.92 Å². The lowest BCUT2D eigenvalue weighted by Crippen LogP contribution is -2.29. The molecule has 17 heavy (non-hydrogen) atoms. The highest BCUT2D eigenvalue weighted by atomic mass is 32.2. The van der Waals surface area contributed by atoms with Crippen LogP contribution in [0.3, 0.4) is 0 Å². The van der Waals surface area contributed by atoms with Gasteiger partial charge >= 0.3 is 0 Å². The Balaban J connectivity index is 2.12. The van der Waals surface area contributed by atoms with E-state index in [1.807, 2.05) is 6.92 Å². The molecule has 6 heteroatoms. The first-order valence-electron chi connectivity index (χ1n) is 6.12. The van der Waals surface area contributed by atoms with Crippen LogP contribution in [0.2, 0.25) is 0 Å². The van der Waals surface area contributed by atoms with Gasteiger partial charge in [-0.25, -0.2) is 8.42 Å². The highest BCUT2D eigenvalue weighted by Gasteiger charge is 2.27. The van der Waals surface area contributed by atoms with Gasteiger partial charge in [0.25, 0.3) is 0 Å². The number of amides is 1. The van der Waals surface area contributed by atoms with Crippen LogP contribution in [0.25, 0.3) is 0 Å². The van der Waals surface area contributed by atoms with Crippen LogP contribution in [0.15, 0.2) is 0 Å². The van der Waals surface area contributed by atoms with Crippen LogP contribution < -0.4 is 11.1 Å². The second kappa shape index (κ2) is 6.35. The zero-order valence-corrected chi connectivity index (χ0v) is 11.1. The standard InChI is InChI=1S/C11H22N2O3S/c1-9(12)3-2-4-11(14)13-7-10-5-6-17(15,16)8-10/h9-10H,2-8,12H2,1H3,(H,13,14). The van der Waals surface area contributed by atoms with E-state index in [2.05, 4.69) is 5.32 Å². The Morgan fingerprint density at radius 1 is 1.53 bits per heavy atom. The van der Waals surface area contributed by atoms with E-state index in [9.17, 15) is 13.2 Å². The minimum absolute atomic E-state index is 0.00468. The molecule has 0 spiro atoms. The topological polar surface area (TPSA) is 89.3 Å². The first kappa shape index (κ1) is 14.4. The molecule has 1 amide bonds. The zero-order valence-electron chi connectivity index (χ0n) is 10.3. The van der Waals surface area contributed by atoms with Crippen molar-refractivity contribution in [2.75, 3.05) is 18.1 Å². The Morgan fingerprint density at radius 2 is 2.24 bits per heavy atom. The molecule has 1 aliphatic heterocycles. The van der Waals surface area contributed by atoms with E-state index >= 15 is 0 Å². The number of rotatable bonds is 6. The molecule has 2 unspecified atom stereocenters. The van der Waals surface area contributed by atoms with E-state index in [1.54, 1.807) is 0 Å². The van der Waals surface area contributed by atoms with E-state index in [4.69, 9.17) is 5.73 Å². The lowest BCUT2D eigenvalue weighted by molar-refractivity contribution is -0.121. The smallest absolute Gasteiger partial charge is 0.220 e. The summed E-state index contributed by atoms with van der Waals surface area (Å²) in [4.78, 5) is 11.4. The fourth-order valence-electron chi connectivity index (χ4n) is 1.96. The fraction of sp³-hybridized carbons (Fsp3) is 0.909. The fourth-order valence-corrected chi connectivity index (χ4v) is 3.83. The first-order chi connectivity index (χ1) is 7.89. The summed E-state index contributed by atoms with van der Waals surface area (Å²) < 4.78 is 22.4. The van der Waals surface area contributed by atoms with Gasteiger partial charge in [0.05, 0.1) is 11.5 Å². The van der Waals surface area contributed by atoms with Crippen LogP contribution in [0.4, 0.5) is 0 Å². The summed E-state index contributed by atoms with van der Waals surface area (Å²) in [6, 6.07) is 0.128. The quantitative estimate of drug-likeness (QED) is 0.708. The number of hydrogen-bond acceptors (Lipinski definition) is 4. The number of nitrogens with two attached hydrogens (primary N) is 1. The van der Waals surface area contributed by atoms with Gasteiger partial charge in [0.1, 0.15) is 0 Å². The lowest BCUT2D eigenvalue weighted by atomic mass is 10.1. The molecule has 0 aromatic carbocycles. The summed E-state index contributed by atoms with van der Waals surface area (Å²) in [5, 5.41) is 2.79. The molecular formula is C11H22N2O3S. The molecule has 1 saturated heterocycles. The average Bonchev–Trinajstić information content (AvgIpc) is 2.55. The minimum atomic E-state index is -2.84. The number of carbonyl (C=O) groups excluding carboxylic acids is 1. The van der Waals surface area contributed by atoms with Crippen LogP contribution in [-0.4, -0.2) is 38.4 Å². The first-order valence-corrected chi connectivity index (χ1v) is 7.94. The molecule has 2 atom stereocenters. The van der Waals surface area contributed by atoms with Crippen molar-refractivity contribution in [2.24, 2.45) is 11.7 Å². The largest absolute Gasteiger partial charge is 0.356 e. The van der Waals surface area contributed by atoms with Crippen LogP contribution in [0.5, 0.6) is 0 Å². The van der Waals surface area contributed by atoms with E-state index < -0.39 is 9.84 Å². The third kappa shape index (κ3) is 6.02. The number of sulfone groups is 1. The summed E-state index contributed by atoms with van der Waals surface area (Å²) in [5.74, 6) is 0.568. The monoisotopic (exact) mass is 262 g/mol. The van der Waals surface area contributed by atoms with Crippen molar-refractivity contribution in [1.29, 1.82) is 0 Å². The summed E-state index contributed by atoms with van der Waals surface area (Å²) in [6.45, 7) is 2.40. The Kier molecular flexibility index (Phi) is 5.39. The number of hydrogen-bond donors (Lipinski definition) is 2. The van der Waals surface area contributed by atoms with Crippen LogP contribution in [0.1, 0.15) is 32.6 Å². The Labute approximate surface area is 103 Å². The Hall–Kier alpha value is -0.620. The molecule has 0 radical (unpaired) electrons. The van der Waals surface area contributed by atoms with E-state index in [0.29, 0.717) is 19.4 Å². The highest BCUT2D eigenvalue weighted by molar-refractivity contribution is 7.91. The van der Waals surface area contributed by atoms with E-state index in [-0.39, 0.29) is 29.4 Å². The second-order valence-corrected chi connectivity index (χ2v) is 7.17. The molecule has 3 N–H and O–H groups in total. The molecule has 1 rings (SSSR count). The number of carbonyl (C=O) groups is 1. The molecule has 1 fully saturated rings. The SMILES string of the molecule is CC(N)CCCC(=O)NCC1CCS(=O)(=O)C1. The average molecular weight is 262 g/mol. The van der Waals surface area contributed by atoms with Crippen molar-refractivity contribution in [3.63, 3.8) is 0 Å². The van der Waals surface area contributed by atoms with Gasteiger partial charge < -0.3 is 11.1 Å². The molecule has 1 heterocycles. The molecular weight excluding hydrogens is 240 g/mol. The minimum Gasteiger partial charge on any atom is -0.356 e. The molecule has 0 aliphatic carbocycles. The molecule has 0 aromatic rings. The normalized spacial score (nSPS) is 24.5. The van der Waals surface area contributed by atoms with E-state index in [1.165, 1.54) is 0 Å². The predicted octanol–water partition coefficient (Wildman–Crippen LogP) is 0.0548. The van der Waals surface area contributed by atoms with Gasteiger partial charge in [-0.15, -0.1) is 0 Å². The van der Waals surface area contributed by atoms with Gasteiger partial charge in [-0.05, 0) is 32.1 Å². The third-order valence-corrected chi connectivity index (χ3v) is 4.81. The Bertz CT molecular complexity index is 352. The molecule has 1 aliphatic rings. The zero-order chi connectivity index (χ0) is 12.9. The summed E-state index contributed by atoms with van der Waals surface area (Å²) in [5.41, 5.74) is 5.58. The maximum atomic E-state index is 11.4. The van der Waals surface area contributed by atoms with Gasteiger partial charge in [-0.1, -0.05) is 0 Å². The van der Waals surface area contributed by atoms with Crippen LogP contribution in [-0.2, 0) is 14.6 Å². The van der Waals surface area contributed by atoms with Crippen molar-refractivity contribution in [2.45, 2.75) is 38.6 Å². The molecule has 5 nitrogen and oxygen atoms in total. The molecule has 100 valence electrons. The maximum Gasteiger partial charge on any atom is 0.220 e. The molecule has 0 saturated carbocycles. The lowest BCUT2D eigenvalue weighted by Gasteiger charge is -2.10. The summed E-state index contributed by atoms with van der Waals surface area (Å²) in [7, 11) is -2.84. The summed E-state index contributed by atoms with van der Waals surface area (Å²) in [6.07, 6.45) is 2.77. The van der Waals surface area contributed by atoms with E-state index in [0.717, 1.165) is 12.8 Å². The van der Waals surface area contributed by atoms with Crippen molar-refractivity contribution in [3.8, 4) is 0 Å². The van der Waals surface area contributed by atoms with Gasteiger partial charge in [-0.2, -0.15) is 0 Å². The van der Waals surface area contributed by atoms with Gasteiger partial charge in [-0.3, -0.25) is 4.79 Å². The highest BCUT2D eigenvalue weighted by Crippen LogP contribution is 2.17. The second-order valence-electron chi connectivity index (χ2n) is 4.94. The van der Waals surface area contributed by atoms with Crippen molar-refractivity contribution in [1.82, 2.24) is 5.32 Å². The third-order valence-electron chi connectivity index (χ3n) is 2.98. The molecule has 0 aromatic heterocycles. The van der Waals surface area contributed by atoms with Gasteiger partial charge in [0.2, 0.25) is 5.91 Å². The predicted molar refractivity (Wildman–Crippen MR) is 67.3 cm³/mol. The summed E-state index contributed by atoms with van der Waals surface area (Å²) >= 11 is 0. The Morgan fingerprint density at radius 3 is 2.76 bits per heavy atom. The molecule has 0 bridgehead atoms. The van der Waals surface area contributed by atoms with Crippen LogP contribution >= 0.6 is 0 Å².